The maximum absolute atomic E-state index is 5.27. The van der Waals surface area contributed by atoms with Crippen LogP contribution in [0.4, 0.5) is 0 Å². The van der Waals surface area contributed by atoms with E-state index in [4.69, 9.17) is 9.97 Å². The van der Waals surface area contributed by atoms with Crippen molar-refractivity contribution in [1.29, 1.82) is 0 Å². The molecule has 2 nitrogen and oxygen atoms in total. The highest BCUT2D eigenvalue weighted by Gasteiger charge is 2.16. The van der Waals surface area contributed by atoms with Crippen LogP contribution in [0.5, 0.6) is 0 Å². The zero-order chi connectivity index (χ0) is 33.0. The predicted molar refractivity (Wildman–Crippen MR) is 215 cm³/mol. The highest BCUT2D eigenvalue weighted by molar-refractivity contribution is 7.26. The van der Waals surface area contributed by atoms with E-state index in [1.54, 1.807) is 0 Å². The Morgan fingerprint density at radius 2 is 0.900 bits per heavy atom. The molecule has 0 bridgehead atoms. The van der Waals surface area contributed by atoms with Crippen molar-refractivity contribution < 1.29 is 0 Å². The van der Waals surface area contributed by atoms with Crippen LogP contribution in [-0.4, -0.2) is 9.97 Å². The van der Waals surface area contributed by atoms with E-state index < -0.39 is 0 Å². The molecule has 0 unspecified atom stereocenters. The summed E-state index contributed by atoms with van der Waals surface area (Å²) in [5.41, 5.74) is 9.82. The van der Waals surface area contributed by atoms with Crippen LogP contribution < -0.4 is 0 Å². The van der Waals surface area contributed by atoms with Crippen LogP contribution >= 0.6 is 22.7 Å². The third-order valence-electron chi connectivity index (χ3n) is 9.55. The van der Waals surface area contributed by atoms with Gasteiger partial charge >= 0.3 is 0 Å². The Hall–Kier alpha value is -5.94. The van der Waals surface area contributed by atoms with Crippen molar-refractivity contribution >= 4 is 63.0 Å². The number of benzene rings is 7. The molecule has 10 rings (SSSR count). The van der Waals surface area contributed by atoms with Crippen molar-refractivity contribution in [3.63, 3.8) is 0 Å². The highest BCUT2D eigenvalue weighted by Crippen LogP contribution is 2.42. The number of aromatic nitrogens is 2. The van der Waals surface area contributed by atoms with Gasteiger partial charge in [-0.3, -0.25) is 0 Å². The van der Waals surface area contributed by atoms with Crippen LogP contribution in [-0.2, 0) is 0 Å². The summed E-state index contributed by atoms with van der Waals surface area (Å²) >= 11 is 3.68. The van der Waals surface area contributed by atoms with Gasteiger partial charge in [-0.25, -0.2) is 9.97 Å². The van der Waals surface area contributed by atoms with Crippen LogP contribution in [0, 0.1) is 0 Å². The zero-order valence-corrected chi connectivity index (χ0v) is 28.5. The molecule has 0 N–H and O–H groups in total. The van der Waals surface area contributed by atoms with Gasteiger partial charge in [-0.2, -0.15) is 0 Å². The second kappa shape index (κ2) is 11.9. The molecule has 3 aromatic heterocycles. The molecule has 0 fully saturated rings. The average molecular weight is 673 g/mol. The van der Waals surface area contributed by atoms with Crippen molar-refractivity contribution in [2.45, 2.75) is 0 Å². The molecule has 0 saturated heterocycles. The summed E-state index contributed by atoms with van der Waals surface area (Å²) in [5.74, 6) is 0.716. The molecule has 234 valence electrons. The van der Waals surface area contributed by atoms with Gasteiger partial charge in [-0.05, 0) is 46.5 Å². The van der Waals surface area contributed by atoms with E-state index >= 15 is 0 Å². The van der Waals surface area contributed by atoms with Gasteiger partial charge in [-0.1, -0.05) is 146 Å². The Morgan fingerprint density at radius 1 is 0.340 bits per heavy atom. The Balaban J connectivity index is 1.12. The van der Waals surface area contributed by atoms with Crippen LogP contribution in [0.3, 0.4) is 0 Å². The van der Waals surface area contributed by atoms with Crippen molar-refractivity contribution in [2.75, 3.05) is 0 Å². The van der Waals surface area contributed by atoms with Gasteiger partial charge in [0.2, 0.25) is 0 Å². The Labute approximate surface area is 297 Å². The molecular weight excluding hydrogens is 645 g/mol. The molecule has 7 aromatic carbocycles. The van der Waals surface area contributed by atoms with E-state index in [1.165, 1.54) is 62.6 Å². The molecule has 3 heterocycles. The molecule has 0 saturated carbocycles. The fourth-order valence-electron chi connectivity index (χ4n) is 7.09. The molecule has 0 spiro atoms. The van der Waals surface area contributed by atoms with E-state index in [0.29, 0.717) is 5.82 Å². The molecule has 0 aliphatic carbocycles. The number of hydrogen-bond acceptors (Lipinski definition) is 4. The largest absolute Gasteiger partial charge is 0.228 e. The Morgan fingerprint density at radius 3 is 1.72 bits per heavy atom. The predicted octanol–water partition coefficient (Wildman–Crippen LogP) is 13.5. The lowest BCUT2D eigenvalue weighted by atomic mass is 9.98. The molecular formula is C46H28N2S2. The minimum Gasteiger partial charge on any atom is -0.228 e. The van der Waals surface area contributed by atoms with E-state index in [1.807, 2.05) is 22.7 Å². The fourth-order valence-corrected chi connectivity index (χ4v) is 9.45. The quantitative estimate of drug-likeness (QED) is 0.182. The maximum atomic E-state index is 5.27. The lowest BCUT2D eigenvalue weighted by Crippen LogP contribution is -1.96. The molecule has 0 aliphatic rings. The van der Waals surface area contributed by atoms with Gasteiger partial charge in [0.1, 0.15) is 0 Å². The normalized spacial score (nSPS) is 11.6. The standard InChI is InChI=1S/C46H28N2S2/c1-2-10-29(11-3-1)30-20-24-32(25-21-30)39-28-40(37-16-8-15-36-35-12-4-6-17-41(35)50-45(36)37)48-46(47-39)33-26-22-31(23-27-33)34-14-9-19-43-44(34)38-13-5-7-18-42(38)49-43/h1-28H. The molecule has 0 atom stereocenters. The highest BCUT2D eigenvalue weighted by atomic mass is 32.1. The molecule has 0 radical (unpaired) electrons. The van der Waals surface area contributed by atoms with E-state index in [2.05, 4.69) is 170 Å². The second-order valence-corrected chi connectivity index (χ2v) is 14.7. The third-order valence-corrected chi connectivity index (χ3v) is 11.9. The number of fused-ring (bicyclic) bond motifs is 6. The third kappa shape index (κ3) is 4.92. The summed E-state index contributed by atoms with van der Waals surface area (Å²) in [7, 11) is 0. The van der Waals surface area contributed by atoms with E-state index in [0.717, 1.165) is 28.1 Å². The lowest BCUT2D eigenvalue weighted by Gasteiger charge is -2.11. The molecule has 0 amide bonds. The minimum absolute atomic E-state index is 0.716. The fraction of sp³-hybridized carbons (Fsp3) is 0. The van der Waals surface area contributed by atoms with Crippen LogP contribution in [0.1, 0.15) is 0 Å². The number of thiophene rings is 2. The van der Waals surface area contributed by atoms with Gasteiger partial charge < -0.3 is 0 Å². The number of rotatable bonds is 5. The smallest absolute Gasteiger partial charge is 0.160 e. The summed E-state index contributed by atoms with van der Waals surface area (Å²) in [6.07, 6.45) is 0. The van der Waals surface area contributed by atoms with Crippen LogP contribution in [0.15, 0.2) is 170 Å². The molecule has 10 aromatic rings. The summed E-state index contributed by atoms with van der Waals surface area (Å²) in [4.78, 5) is 10.5. The van der Waals surface area contributed by atoms with Crippen molar-refractivity contribution in [1.82, 2.24) is 9.97 Å². The average Bonchev–Trinajstić information content (AvgIpc) is 3.77. The summed E-state index contributed by atoms with van der Waals surface area (Å²) in [5, 5.41) is 5.17. The second-order valence-electron chi connectivity index (χ2n) is 12.5. The van der Waals surface area contributed by atoms with Gasteiger partial charge in [0, 0.05) is 57.0 Å². The van der Waals surface area contributed by atoms with Crippen molar-refractivity contribution in [3.05, 3.63) is 170 Å². The van der Waals surface area contributed by atoms with Gasteiger partial charge in [0.25, 0.3) is 0 Å². The monoisotopic (exact) mass is 672 g/mol. The number of nitrogens with zero attached hydrogens (tertiary/aromatic N) is 2. The van der Waals surface area contributed by atoms with Crippen LogP contribution in [0.2, 0.25) is 0 Å². The molecule has 50 heavy (non-hydrogen) atoms. The first kappa shape index (κ1) is 29.0. The topological polar surface area (TPSA) is 25.8 Å². The van der Waals surface area contributed by atoms with E-state index in [-0.39, 0.29) is 0 Å². The molecule has 0 aliphatic heterocycles. The van der Waals surface area contributed by atoms with Gasteiger partial charge in [0.15, 0.2) is 5.82 Å². The van der Waals surface area contributed by atoms with Gasteiger partial charge in [-0.15, -0.1) is 22.7 Å². The number of hydrogen-bond donors (Lipinski definition) is 0. The lowest BCUT2D eigenvalue weighted by molar-refractivity contribution is 1.19. The molecule has 4 heteroatoms. The first-order valence-corrected chi connectivity index (χ1v) is 18.4. The Kier molecular flexibility index (Phi) is 6.90. The Bertz CT molecular complexity index is 2850. The SMILES string of the molecule is c1ccc(-c2ccc(-c3cc(-c4cccc5c4sc4ccccc45)nc(-c4ccc(-c5cccc6sc7ccccc7c56)cc4)n3)cc2)cc1. The summed E-state index contributed by atoms with van der Waals surface area (Å²) < 4.78 is 5.15. The van der Waals surface area contributed by atoms with Crippen molar-refractivity contribution in [2.24, 2.45) is 0 Å². The summed E-state index contributed by atoms with van der Waals surface area (Å²) in [6, 6.07) is 60.7. The van der Waals surface area contributed by atoms with Crippen molar-refractivity contribution in [3.8, 4) is 56.2 Å². The first-order valence-electron chi connectivity index (χ1n) is 16.7. The first-order chi connectivity index (χ1) is 24.8. The maximum Gasteiger partial charge on any atom is 0.160 e. The van der Waals surface area contributed by atoms with Crippen LogP contribution in [0.25, 0.3) is 96.5 Å². The summed E-state index contributed by atoms with van der Waals surface area (Å²) in [6.45, 7) is 0. The zero-order valence-electron chi connectivity index (χ0n) is 26.9. The minimum atomic E-state index is 0.716. The van der Waals surface area contributed by atoms with Gasteiger partial charge in [0.05, 0.1) is 11.4 Å². The van der Waals surface area contributed by atoms with E-state index in [9.17, 15) is 0 Å².